The third-order valence-corrected chi connectivity index (χ3v) is 5.63. The summed E-state index contributed by atoms with van der Waals surface area (Å²) < 4.78 is 79.0. The second-order valence-electron chi connectivity index (χ2n) is 5.52. The molecule has 0 saturated heterocycles. The van der Waals surface area contributed by atoms with Crippen molar-refractivity contribution in [2.75, 3.05) is 0 Å². The standard InChI is InChI=1S/C16H5Cl4F6N3S/c17-7(4-27)3-11-13(30-16(24,25)26)8(5-28)14(20)29(11)12-9(18)1-6(2-10(12)19)15(21,22)23/h1-2,7H,3H2. The van der Waals surface area contributed by atoms with E-state index in [1.165, 1.54) is 6.07 Å². The average Bonchev–Trinajstić information content (AvgIpc) is 2.83. The summed E-state index contributed by atoms with van der Waals surface area (Å²) in [5, 5.41) is 15.2. The van der Waals surface area contributed by atoms with Crippen molar-refractivity contribution < 1.29 is 26.3 Å². The lowest BCUT2D eigenvalue weighted by Crippen LogP contribution is -2.11. The Morgan fingerprint density at radius 3 is 1.97 bits per heavy atom. The average molecular weight is 527 g/mol. The Morgan fingerprint density at radius 1 is 1.03 bits per heavy atom. The normalized spacial score (nSPS) is 13.1. The number of thioether (sulfide) groups is 1. The lowest BCUT2D eigenvalue weighted by molar-refractivity contribution is -0.137. The van der Waals surface area contributed by atoms with Crippen LogP contribution in [0.1, 0.15) is 16.8 Å². The lowest BCUT2D eigenvalue weighted by atomic mass is 10.1. The smallest absolute Gasteiger partial charge is 0.299 e. The maximum atomic E-state index is 13.1. The first-order chi connectivity index (χ1) is 13.7. The Balaban J connectivity index is 2.90. The van der Waals surface area contributed by atoms with E-state index < -0.39 is 72.2 Å². The van der Waals surface area contributed by atoms with E-state index in [1.54, 1.807) is 6.07 Å². The first-order valence-electron chi connectivity index (χ1n) is 7.40. The molecule has 0 fully saturated rings. The van der Waals surface area contributed by atoms with Gasteiger partial charge in [-0.3, -0.25) is 4.57 Å². The molecule has 1 unspecified atom stereocenters. The minimum atomic E-state index is -4.85. The van der Waals surface area contributed by atoms with E-state index in [2.05, 4.69) is 0 Å². The molecule has 0 radical (unpaired) electrons. The molecule has 2 aromatic rings. The highest BCUT2D eigenvalue weighted by Crippen LogP contribution is 2.47. The van der Waals surface area contributed by atoms with Gasteiger partial charge in [-0.15, -0.1) is 11.6 Å². The summed E-state index contributed by atoms with van der Waals surface area (Å²) >= 11 is 23.1. The molecule has 0 aliphatic carbocycles. The summed E-state index contributed by atoms with van der Waals surface area (Å²) in [5.74, 6) is 0. The van der Waals surface area contributed by atoms with Crippen LogP contribution in [0.2, 0.25) is 15.2 Å². The van der Waals surface area contributed by atoms with Crippen LogP contribution in [0.4, 0.5) is 26.3 Å². The topological polar surface area (TPSA) is 52.5 Å². The second kappa shape index (κ2) is 8.97. The van der Waals surface area contributed by atoms with Crippen LogP contribution in [0.5, 0.6) is 0 Å². The molecule has 160 valence electrons. The zero-order chi connectivity index (χ0) is 23.0. The molecule has 30 heavy (non-hydrogen) atoms. The van der Waals surface area contributed by atoms with E-state index in [-0.39, 0.29) is 5.69 Å². The zero-order valence-corrected chi connectivity index (χ0v) is 17.8. The molecule has 1 atom stereocenters. The van der Waals surface area contributed by atoms with Crippen LogP contribution in [-0.2, 0) is 12.6 Å². The van der Waals surface area contributed by atoms with Gasteiger partial charge in [0.25, 0.3) is 0 Å². The molecule has 14 heteroatoms. The van der Waals surface area contributed by atoms with Gasteiger partial charge in [0, 0.05) is 12.1 Å². The fourth-order valence-electron chi connectivity index (χ4n) is 2.47. The van der Waals surface area contributed by atoms with Crippen LogP contribution >= 0.6 is 58.2 Å². The Hall–Kier alpha value is -1.43. The first-order valence-corrected chi connectivity index (χ1v) is 9.79. The van der Waals surface area contributed by atoms with E-state index in [1.807, 2.05) is 0 Å². The third kappa shape index (κ3) is 5.24. The number of benzene rings is 1. The van der Waals surface area contributed by atoms with Crippen molar-refractivity contribution in [3.8, 4) is 17.8 Å². The maximum absolute atomic E-state index is 13.1. The monoisotopic (exact) mass is 525 g/mol. The van der Waals surface area contributed by atoms with Crippen molar-refractivity contribution in [1.82, 2.24) is 4.57 Å². The van der Waals surface area contributed by atoms with Crippen LogP contribution in [0, 0.1) is 22.7 Å². The van der Waals surface area contributed by atoms with Crippen molar-refractivity contribution in [2.45, 2.75) is 28.4 Å². The summed E-state index contributed by atoms with van der Waals surface area (Å²) in [6, 6.07) is 4.14. The molecule has 0 aliphatic rings. The maximum Gasteiger partial charge on any atom is 0.446 e. The number of rotatable bonds is 4. The Morgan fingerprint density at radius 2 is 1.57 bits per heavy atom. The first kappa shape index (κ1) is 24.8. The number of alkyl halides is 7. The van der Waals surface area contributed by atoms with Gasteiger partial charge in [0.1, 0.15) is 22.2 Å². The Kier molecular flexibility index (Phi) is 7.43. The van der Waals surface area contributed by atoms with E-state index >= 15 is 0 Å². The van der Waals surface area contributed by atoms with E-state index in [4.69, 9.17) is 51.7 Å². The Labute approximate surface area is 189 Å². The van der Waals surface area contributed by atoms with Crippen molar-refractivity contribution in [3.05, 3.63) is 44.2 Å². The predicted molar refractivity (Wildman–Crippen MR) is 101 cm³/mol. The van der Waals surface area contributed by atoms with Crippen molar-refractivity contribution in [2.24, 2.45) is 0 Å². The van der Waals surface area contributed by atoms with Crippen LogP contribution < -0.4 is 0 Å². The van der Waals surface area contributed by atoms with Crippen molar-refractivity contribution in [1.29, 1.82) is 10.5 Å². The zero-order valence-electron chi connectivity index (χ0n) is 14.0. The Bertz CT molecular complexity index is 1040. The van der Waals surface area contributed by atoms with Gasteiger partial charge in [0.05, 0.1) is 32.3 Å². The predicted octanol–water partition coefficient (Wildman–Crippen LogP) is 7.61. The quantitative estimate of drug-likeness (QED) is 0.234. The number of halogens is 10. The molecule has 0 saturated carbocycles. The molecule has 2 rings (SSSR count). The molecule has 0 spiro atoms. The van der Waals surface area contributed by atoms with Gasteiger partial charge in [-0.05, 0) is 23.9 Å². The molecule has 1 aromatic heterocycles. The fraction of sp³-hybridized carbons (Fsp3) is 0.250. The number of hydrogen-bond donors (Lipinski definition) is 0. The minimum Gasteiger partial charge on any atom is -0.299 e. The number of hydrogen-bond acceptors (Lipinski definition) is 3. The van der Waals surface area contributed by atoms with Gasteiger partial charge in [-0.2, -0.15) is 36.9 Å². The molecule has 1 heterocycles. The number of aromatic nitrogens is 1. The van der Waals surface area contributed by atoms with Crippen molar-refractivity contribution >= 4 is 58.2 Å². The van der Waals surface area contributed by atoms with Gasteiger partial charge < -0.3 is 0 Å². The molecule has 1 aromatic carbocycles. The van der Waals surface area contributed by atoms with Gasteiger partial charge in [-0.25, -0.2) is 0 Å². The third-order valence-electron chi connectivity index (χ3n) is 3.57. The highest BCUT2D eigenvalue weighted by molar-refractivity contribution is 8.00. The van der Waals surface area contributed by atoms with Gasteiger partial charge >= 0.3 is 11.7 Å². The summed E-state index contributed by atoms with van der Waals surface area (Å²) in [6.07, 6.45) is -5.34. The molecule has 3 nitrogen and oxygen atoms in total. The highest BCUT2D eigenvalue weighted by Gasteiger charge is 2.37. The molecule has 0 bridgehead atoms. The summed E-state index contributed by atoms with van der Waals surface area (Å²) in [4.78, 5) is -0.664. The van der Waals surface area contributed by atoms with Gasteiger partial charge in [-0.1, -0.05) is 34.8 Å². The molecule has 0 amide bonds. The molecular weight excluding hydrogens is 522 g/mol. The lowest BCUT2D eigenvalue weighted by Gasteiger charge is -2.17. The fourth-order valence-corrected chi connectivity index (χ4v) is 4.42. The van der Waals surface area contributed by atoms with Gasteiger partial charge in [0.15, 0.2) is 0 Å². The van der Waals surface area contributed by atoms with Crippen LogP contribution in [-0.4, -0.2) is 15.5 Å². The SMILES string of the molecule is N#Cc1c(SC(F)(F)F)c(CC(Cl)C#N)n(-c2c(Cl)cc(C(F)(F)F)cc2Cl)c1Cl. The molecular formula is C16H5Cl4F6N3S. The largest absolute Gasteiger partial charge is 0.446 e. The molecule has 0 aliphatic heterocycles. The van der Waals surface area contributed by atoms with E-state index in [9.17, 15) is 31.6 Å². The minimum absolute atomic E-state index is 0.357. The highest BCUT2D eigenvalue weighted by atomic mass is 35.5. The summed E-state index contributed by atoms with van der Waals surface area (Å²) in [6.45, 7) is 0. The number of nitrogens with zero attached hydrogens (tertiary/aromatic N) is 3. The molecule has 0 N–H and O–H groups in total. The van der Waals surface area contributed by atoms with Crippen LogP contribution in [0.25, 0.3) is 5.69 Å². The van der Waals surface area contributed by atoms with Gasteiger partial charge in [0.2, 0.25) is 0 Å². The summed E-state index contributed by atoms with van der Waals surface area (Å²) in [7, 11) is 0. The van der Waals surface area contributed by atoms with Crippen LogP contribution in [0.3, 0.4) is 0 Å². The van der Waals surface area contributed by atoms with Crippen LogP contribution in [0.15, 0.2) is 17.0 Å². The second-order valence-corrected chi connectivity index (χ2v) is 8.30. The number of nitriles is 2. The van der Waals surface area contributed by atoms with E-state index in [0.29, 0.717) is 12.1 Å². The van der Waals surface area contributed by atoms with E-state index in [0.717, 1.165) is 4.57 Å². The van der Waals surface area contributed by atoms with Crippen molar-refractivity contribution in [3.63, 3.8) is 0 Å². The summed E-state index contributed by atoms with van der Waals surface area (Å²) in [5.41, 5.74) is -7.42.